The van der Waals surface area contributed by atoms with Gasteiger partial charge in [0.15, 0.2) is 41.4 Å². The number of rotatable bonds is 50. The van der Waals surface area contributed by atoms with E-state index < -0.39 is 29.8 Å². The maximum atomic E-state index is 14.1. The van der Waals surface area contributed by atoms with Crippen LogP contribution in [-0.2, 0) is 56.0 Å². The number of carbonyl (C=O) groups excluding carboxylic acids is 9. The van der Waals surface area contributed by atoms with Gasteiger partial charge in [0, 0.05) is 113 Å². The molecule has 0 fully saturated rings. The zero-order chi connectivity index (χ0) is 73.3. The first-order chi connectivity index (χ1) is 45.9. The minimum atomic E-state index is -0.895. The summed E-state index contributed by atoms with van der Waals surface area (Å²) in [6, 6.07) is 17.5. The molecule has 0 spiro atoms. The van der Waals surface area contributed by atoms with Crippen molar-refractivity contribution in [1.82, 2.24) is 16.0 Å². The minimum Gasteiger partial charge on any atom is -0.370 e. The summed E-state index contributed by atoms with van der Waals surface area (Å²) in [4.78, 5) is 134. The Morgan fingerprint density at radius 3 is 1.22 bits per heavy atom. The number of nitrogens with one attached hydrogen (secondary N) is 3. The van der Waals surface area contributed by atoms with E-state index in [9.17, 15) is 43.2 Å². The van der Waals surface area contributed by atoms with Crippen molar-refractivity contribution in [2.24, 2.45) is 124 Å². The third-order valence-electron chi connectivity index (χ3n) is 16.1. The third kappa shape index (κ3) is 44.7. The predicted octanol–water partition coefficient (Wildman–Crippen LogP) is 3.85. The normalized spacial score (nSPS) is 12.9. The van der Waals surface area contributed by atoms with E-state index in [-0.39, 0.29) is 131 Å². The maximum Gasteiger partial charge on any atom is 0.224 e. The lowest BCUT2D eigenvalue weighted by Gasteiger charge is -2.25. The zero-order valence-corrected chi connectivity index (χ0v) is 59.2. The smallest absolute Gasteiger partial charge is 0.224 e. The molecule has 2 rings (SSSR count). The van der Waals surface area contributed by atoms with E-state index in [1.54, 1.807) is 7.05 Å². The van der Waals surface area contributed by atoms with Gasteiger partial charge in [0.2, 0.25) is 11.8 Å². The first kappa shape index (κ1) is 88.4. The summed E-state index contributed by atoms with van der Waals surface area (Å²) in [5.41, 5.74) is 55.1. The monoisotopic (exact) mass is 1360 g/mol. The van der Waals surface area contributed by atoms with Gasteiger partial charge in [0.25, 0.3) is 0 Å². The van der Waals surface area contributed by atoms with Gasteiger partial charge in [-0.15, -0.1) is 0 Å². The molecule has 0 aromatic heterocycles. The average molecular weight is 1360 g/mol. The van der Waals surface area contributed by atoms with Gasteiger partial charge in [-0.2, -0.15) is 0 Å². The first-order valence-corrected chi connectivity index (χ1v) is 34.2. The summed E-state index contributed by atoms with van der Waals surface area (Å²) in [6.07, 6.45) is 10.9. The fourth-order valence-corrected chi connectivity index (χ4v) is 10.8. The quantitative estimate of drug-likeness (QED) is 0.0254. The Balaban J connectivity index is 0.00000163. The molecule has 0 aliphatic rings. The fourth-order valence-electron chi connectivity index (χ4n) is 10.8. The van der Waals surface area contributed by atoms with Crippen LogP contribution in [0.5, 0.6) is 0 Å². The molecule has 0 bridgehead atoms. The summed E-state index contributed by atoms with van der Waals surface area (Å²) < 4.78 is 0. The number of nitrogens with zero attached hydrogens (tertiary/aromatic N) is 5. The molecule has 544 valence electrons. The van der Waals surface area contributed by atoms with Crippen molar-refractivity contribution < 1.29 is 43.2 Å². The van der Waals surface area contributed by atoms with Crippen molar-refractivity contribution in [1.29, 1.82) is 0 Å². The van der Waals surface area contributed by atoms with Crippen LogP contribution in [0.25, 0.3) is 0 Å². The maximum absolute atomic E-state index is 14.1. The average Bonchev–Trinajstić information content (AvgIpc) is 0.978. The highest BCUT2D eigenvalue weighted by Crippen LogP contribution is 2.23. The molecule has 0 heterocycles. The van der Waals surface area contributed by atoms with Crippen LogP contribution >= 0.6 is 0 Å². The van der Waals surface area contributed by atoms with Gasteiger partial charge < -0.3 is 78.1 Å². The number of carbonyl (C=O) groups is 9. The number of amides is 2. The van der Waals surface area contributed by atoms with Crippen molar-refractivity contribution in [2.45, 2.75) is 195 Å². The van der Waals surface area contributed by atoms with Crippen molar-refractivity contribution >= 4 is 82.1 Å². The number of unbranched alkanes of at least 4 members (excludes halogenated alkanes) is 2. The molecule has 0 aliphatic carbocycles. The number of likely N-dealkylation sites (N-methyl/N-ethyl adjacent to an activating group) is 1. The Morgan fingerprint density at radius 1 is 0.423 bits per heavy atom. The summed E-state index contributed by atoms with van der Waals surface area (Å²) in [7, 11) is 1.70. The summed E-state index contributed by atoms with van der Waals surface area (Å²) in [6.45, 7) is 15.1. The second-order valence-electron chi connectivity index (χ2n) is 25.2. The van der Waals surface area contributed by atoms with Gasteiger partial charge in [0.1, 0.15) is 28.9 Å². The van der Waals surface area contributed by atoms with Crippen LogP contribution < -0.4 is 73.3 Å². The number of benzene rings is 2. The molecule has 0 radical (unpaired) electrons. The predicted molar refractivity (Wildman–Crippen MR) is 388 cm³/mol. The van der Waals surface area contributed by atoms with E-state index in [0.717, 1.165) is 56.1 Å². The van der Waals surface area contributed by atoms with E-state index in [4.69, 9.17) is 57.3 Å². The van der Waals surface area contributed by atoms with Crippen molar-refractivity contribution in [2.75, 3.05) is 46.3 Å². The standard InChI is InChI=1S/C36H54N8O4.C24H47N7O3.C10H19N3O2/c1-24(2)33(47)27(16-10-18-42-35(37)38)22-32(46)30(21-26-14-8-5-9-15-26)44-34(48)28(20-25-12-6-4-7-13-25)23-31(45)29(41-3)17-11-19-43-36(39)40;1-4-18(10-8-14-30-23(25)26)22(34)29-13-7-5-6-12-20(32)16-19(21(33)17(2)3)11-9-15-31-24(27)28;1-7(14)6-9(8(2)15)4-3-5-13-10(11)12/h4-9,12-15,24,27-30,41H,10-11,16-23H2,1-3H3,(H,44,48)(H4,37,38,42)(H4,39,40,43);17-19H,4-16H2,1-3H3,(H,29,34)(H4,25,26,30)(H4,27,28,31);9H,3-6H2,1-2H3,(H4,11,12,13). The lowest BCUT2D eigenvalue weighted by molar-refractivity contribution is -0.134. The summed E-state index contributed by atoms with van der Waals surface area (Å²) >= 11 is 0. The van der Waals surface area contributed by atoms with Gasteiger partial charge >= 0.3 is 0 Å². The molecule has 97 heavy (non-hydrogen) atoms. The van der Waals surface area contributed by atoms with Gasteiger partial charge in [0.05, 0.1) is 12.1 Å². The number of hydrogen-bond acceptors (Lipinski definition) is 15. The van der Waals surface area contributed by atoms with Crippen LogP contribution in [-0.4, -0.2) is 140 Å². The van der Waals surface area contributed by atoms with Crippen molar-refractivity contribution in [3.8, 4) is 0 Å². The van der Waals surface area contributed by atoms with E-state index >= 15 is 0 Å². The molecule has 2 aromatic rings. The van der Waals surface area contributed by atoms with Crippen LogP contribution in [0, 0.1) is 41.4 Å². The van der Waals surface area contributed by atoms with Crippen molar-refractivity contribution in [3.63, 3.8) is 0 Å². The number of nitrogens with two attached hydrogens (primary N) is 10. The number of hydrogen-bond donors (Lipinski definition) is 13. The number of aliphatic imine (C=N–C) groups is 5. The Hall–Kier alpha value is -8.62. The highest BCUT2D eigenvalue weighted by Gasteiger charge is 2.33. The van der Waals surface area contributed by atoms with Gasteiger partial charge in [-0.05, 0) is 128 Å². The van der Waals surface area contributed by atoms with E-state index in [1.807, 2.05) is 95.3 Å². The molecule has 2 aromatic carbocycles. The van der Waals surface area contributed by atoms with Crippen LogP contribution in [0.1, 0.15) is 182 Å². The SMILES string of the molecule is CC(=O)CC(CCCN=C(N)N)C(C)=O.CCC(CCCN=C(N)N)C(=O)NCCCCCC(=O)CC(CCCN=C(N)N)C(=O)C(C)C.CNC(CCCN=C(N)N)C(=O)CC(Cc1ccccc1)C(=O)NC(Cc1ccccc1)C(=O)CC(CCCN=C(N)N)C(=O)C(C)C. The molecule has 7 unspecified atom stereocenters. The van der Waals surface area contributed by atoms with Crippen LogP contribution in [0.2, 0.25) is 0 Å². The Bertz CT molecular complexity index is 2810. The molecule has 0 saturated heterocycles. The number of Topliss-reactive ketones (excluding diaryl/α,β-unsaturated/α-hetero) is 7. The highest BCUT2D eigenvalue weighted by molar-refractivity contribution is 5.96. The molecule has 0 aliphatic heterocycles. The van der Waals surface area contributed by atoms with Gasteiger partial charge in [-0.25, -0.2) is 0 Å². The second kappa shape index (κ2) is 52.6. The van der Waals surface area contributed by atoms with Crippen LogP contribution in [0.4, 0.5) is 0 Å². The first-order valence-electron chi connectivity index (χ1n) is 34.2. The molecule has 27 heteroatoms. The van der Waals surface area contributed by atoms with E-state index in [0.29, 0.717) is 103 Å². The second-order valence-corrected chi connectivity index (χ2v) is 25.2. The lowest BCUT2D eigenvalue weighted by Crippen LogP contribution is -2.47. The molecule has 23 N–H and O–H groups in total. The van der Waals surface area contributed by atoms with Crippen molar-refractivity contribution in [3.05, 3.63) is 71.8 Å². The molecule has 7 atom stereocenters. The molecule has 27 nitrogen and oxygen atoms in total. The van der Waals surface area contributed by atoms with Gasteiger partial charge in [-0.1, -0.05) is 102 Å². The fraction of sp³-hybridized carbons (Fsp3) is 0.629. The Labute approximate surface area is 576 Å². The van der Waals surface area contributed by atoms with Gasteiger partial charge in [-0.3, -0.25) is 63.3 Å². The van der Waals surface area contributed by atoms with E-state index in [1.165, 1.54) is 13.8 Å². The number of ketones is 7. The lowest BCUT2D eigenvalue weighted by atomic mass is 9.84. The zero-order valence-electron chi connectivity index (χ0n) is 59.2. The van der Waals surface area contributed by atoms with E-state index in [2.05, 4.69) is 40.9 Å². The summed E-state index contributed by atoms with van der Waals surface area (Å²) in [5.74, 6) is -2.44. The molecule has 2 amide bonds. The molecular weight excluding hydrogens is 1240 g/mol. The van der Waals surface area contributed by atoms with Crippen LogP contribution in [0.15, 0.2) is 85.6 Å². The van der Waals surface area contributed by atoms with Crippen LogP contribution in [0.3, 0.4) is 0 Å². The molecule has 0 saturated carbocycles. The Morgan fingerprint density at radius 2 is 0.814 bits per heavy atom. The third-order valence-corrected chi connectivity index (χ3v) is 16.1. The highest BCUT2D eigenvalue weighted by atomic mass is 16.2. The number of guanidine groups is 5. The largest absolute Gasteiger partial charge is 0.370 e. The summed E-state index contributed by atoms with van der Waals surface area (Å²) in [5, 5.41) is 9.04. The Kier molecular flexibility index (Phi) is 47.9. The minimum absolute atomic E-state index is 0.00706. The molecular formula is C70H120N18O9. The topological polar surface area (TPSA) is 512 Å².